The highest BCUT2D eigenvalue weighted by Crippen LogP contribution is 2.28. The minimum absolute atomic E-state index is 0. The first-order valence-electron chi connectivity index (χ1n) is 6.30. The predicted molar refractivity (Wildman–Crippen MR) is 69.3 cm³/mol. The average molecular weight is 249 g/mol. The molecule has 0 aromatic rings. The molecule has 1 aliphatic carbocycles. The lowest BCUT2D eigenvalue weighted by molar-refractivity contribution is 0.0796. The second-order valence-corrected chi connectivity index (χ2v) is 5.25. The third-order valence-corrected chi connectivity index (χ3v) is 3.24. The number of nitrogens with zero attached hydrogens (tertiary/aromatic N) is 1. The van der Waals surface area contributed by atoms with Crippen LogP contribution in [0.4, 0.5) is 0 Å². The number of halogens is 1. The van der Waals surface area contributed by atoms with E-state index in [9.17, 15) is 0 Å². The monoisotopic (exact) mass is 248 g/mol. The molecule has 1 saturated heterocycles. The lowest BCUT2D eigenvalue weighted by Gasteiger charge is -2.36. The van der Waals surface area contributed by atoms with Gasteiger partial charge in [-0.3, -0.25) is 4.90 Å². The van der Waals surface area contributed by atoms with Crippen molar-refractivity contribution in [1.29, 1.82) is 0 Å². The Labute approximate surface area is 105 Å². The summed E-state index contributed by atoms with van der Waals surface area (Å²) in [5.74, 6) is 0.894. The normalized spacial score (nSPS) is 31.1. The average Bonchev–Trinajstić information content (AvgIpc) is 2.94. The molecule has 2 fully saturated rings. The van der Waals surface area contributed by atoms with E-state index in [4.69, 9.17) is 4.74 Å². The van der Waals surface area contributed by atoms with E-state index >= 15 is 0 Å². The SMILES string of the molecule is CC1CN(CCOCC2CC2)CC(C)N1.Cl. The maximum Gasteiger partial charge on any atom is 0.0593 e. The number of nitrogens with one attached hydrogen (secondary N) is 1. The van der Waals surface area contributed by atoms with Crippen LogP contribution in [0.2, 0.25) is 0 Å². The van der Waals surface area contributed by atoms with E-state index in [-0.39, 0.29) is 12.4 Å². The fourth-order valence-corrected chi connectivity index (χ4v) is 2.35. The standard InChI is InChI=1S/C12H24N2O.ClH/c1-10-7-14(8-11(2)13-10)5-6-15-9-12-3-4-12;/h10-13H,3-9H2,1-2H3;1H. The van der Waals surface area contributed by atoms with Gasteiger partial charge in [0.05, 0.1) is 6.61 Å². The first kappa shape index (κ1) is 14.2. The van der Waals surface area contributed by atoms with E-state index in [0.29, 0.717) is 12.1 Å². The molecule has 0 aromatic carbocycles. The number of hydrogen-bond donors (Lipinski definition) is 1. The van der Waals surface area contributed by atoms with Crippen LogP contribution in [0.15, 0.2) is 0 Å². The number of hydrogen-bond acceptors (Lipinski definition) is 3. The zero-order valence-corrected chi connectivity index (χ0v) is 11.3. The molecule has 2 unspecified atom stereocenters. The molecule has 16 heavy (non-hydrogen) atoms. The van der Waals surface area contributed by atoms with Crippen molar-refractivity contribution in [3.63, 3.8) is 0 Å². The van der Waals surface area contributed by atoms with E-state index in [1.807, 2.05) is 0 Å². The zero-order valence-electron chi connectivity index (χ0n) is 10.4. The van der Waals surface area contributed by atoms with E-state index in [0.717, 1.165) is 38.8 Å². The Bertz CT molecular complexity index is 189. The summed E-state index contributed by atoms with van der Waals surface area (Å²) in [6.07, 6.45) is 2.78. The van der Waals surface area contributed by atoms with Crippen LogP contribution in [0.25, 0.3) is 0 Å². The van der Waals surface area contributed by atoms with Crippen molar-refractivity contribution >= 4 is 12.4 Å². The van der Waals surface area contributed by atoms with Crippen molar-refractivity contribution in [2.45, 2.75) is 38.8 Å². The van der Waals surface area contributed by atoms with Crippen LogP contribution in [0.5, 0.6) is 0 Å². The maximum atomic E-state index is 5.67. The van der Waals surface area contributed by atoms with Crippen LogP contribution in [0, 0.1) is 5.92 Å². The zero-order chi connectivity index (χ0) is 10.7. The van der Waals surface area contributed by atoms with Gasteiger partial charge < -0.3 is 10.1 Å². The van der Waals surface area contributed by atoms with E-state index in [1.54, 1.807) is 0 Å². The summed E-state index contributed by atoms with van der Waals surface area (Å²) < 4.78 is 5.67. The third kappa shape index (κ3) is 5.00. The molecule has 0 amide bonds. The predicted octanol–water partition coefficient (Wildman–Crippen LogP) is 1.52. The molecule has 3 nitrogen and oxygen atoms in total. The van der Waals surface area contributed by atoms with Crippen molar-refractivity contribution in [1.82, 2.24) is 10.2 Å². The molecule has 0 spiro atoms. The Morgan fingerprint density at radius 3 is 2.38 bits per heavy atom. The van der Waals surface area contributed by atoms with Crippen molar-refractivity contribution in [3.8, 4) is 0 Å². The Kier molecular flexibility index (Phi) is 6.05. The van der Waals surface area contributed by atoms with Gasteiger partial charge in [-0.1, -0.05) is 0 Å². The van der Waals surface area contributed by atoms with Gasteiger partial charge in [0, 0.05) is 38.3 Å². The number of piperazine rings is 1. The molecular weight excluding hydrogens is 224 g/mol. The molecule has 1 heterocycles. The summed E-state index contributed by atoms with van der Waals surface area (Å²) >= 11 is 0. The van der Waals surface area contributed by atoms with Crippen molar-refractivity contribution in [2.24, 2.45) is 5.92 Å². The van der Waals surface area contributed by atoms with Crippen LogP contribution in [-0.4, -0.2) is 49.8 Å². The van der Waals surface area contributed by atoms with Crippen LogP contribution < -0.4 is 5.32 Å². The highest BCUT2D eigenvalue weighted by molar-refractivity contribution is 5.85. The Morgan fingerprint density at radius 1 is 1.19 bits per heavy atom. The smallest absolute Gasteiger partial charge is 0.0593 e. The summed E-state index contributed by atoms with van der Waals surface area (Å²) in [7, 11) is 0. The molecular formula is C12H25ClN2O. The highest BCUT2D eigenvalue weighted by atomic mass is 35.5. The van der Waals surface area contributed by atoms with Gasteiger partial charge in [-0.2, -0.15) is 0 Å². The van der Waals surface area contributed by atoms with Crippen LogP contribution in [-0.2, 0) is 4.74 Å². The first-order chi connectivity index (χ1) is 7.24. The molecule has 2 aliphatic rings. The Morgan fingerprint density at radius 2 is 1.81 bits per heavy atom. The molecule has 1 aliphatic heterocycles. The van der Waals surface area contributed by atoms with Crippen molar-refractivity contribution in [3.05, 3.63) is 0 Å². The minimum atomic E-state index is 0. The largest absolute Gasteiger partial charge is 0.380 e. The Hall–Kier alpha value is 0.170. The summed E-state index contributed by atoms with van der Waals surface area (Å²) in [6.45, 7) is 9.85. The molecule has 96 valence electrons. The van der Waals surface area contributed by atoms with Crippen molar-refractivity contribution in [2.75, 3.05) is 32.8 Å². The minimum Gasteiger partial charge on any atom is -0.380 e. The second-order valence-electron chi connectivity index (χ2n) is 5.25. The molecule has 1 saturated carbocycles. The number of ether oxygens (including phenoxy) is 1. The molecule has 1 N–H and O–H groups in total. The van der Waals surface area contributed by atoms with Crippen molar-refractivity contribution < 1.29 is 4.74 Å². The van der Waals surface area contributed by atoms with Gasteiger partial charge in [0.2, 0.25) is 0 Å². The van der Waals surface area contributed by atoms with Gasteiger partial charge in [0.1, 0.15) is 0 Å². The van der Waals surface area contributed by atoms with E-state index in [2.05, 4.69) is 24.1 Å². The van der Waals surface area contributed by atoms with Gasteiger partial charge in [-0.15, -0.1) is 12.4 Å². The van der Waals surface area contributed by atoms with E-state index in [1.165, 1.54) is 12.8 Å². The fourth-order valence-electron chi connectivity index (χ4n) is 2.35. The van der Waals surface area contributed by atoms with Crippen LogP contribution >= 0.6 is 12.4 Å². The lowest BCUT2D eigenvalue weighted by atomic mass is 10.1. The molecule has 2 atom stereocenters. The van der Waals surface area contributed by atoms with E-state index < -0.39 is 0 Å². The summed E-state index contributed by atoms with van der Waals surface area (Å²) in [6, 6.07) is 1.24. The maximum absolute atomic E-state index is 5.67. The molecule has 4 heteroatoms. The molecule has 2 rings (SSSR count). The van der Waals surface area contributed by atoms with Gasteiger partial charge in [0.25, 0.3) is 0 Å². The quantitative estimate of drug-likeness (QED) is 0.747. The van der Waals surface area contributed by atoms with Gasteiger partial charge in [-0.05, 0) is 32.6 Å². The molecule has 0 radical (unpaired) electrons. The second kappa shape index (κ2) is 6.80. The molecule has 0 bridgehead atoms. The van der Waals surface area contributed by atoms with Gasteiger partial charge >= 0.3 is 0 Å². The first-order valence-corrected chi connectivity index (χ1v) is 6.30. The Balaban J connectivity index is 0.00000128. The third-order valence-electron chi connectivity index (χ3n) is 3.24. The van der Waals surface area contributed by atoms with Gasteiger partial charge in [-0.25, -0.2) is 0 Å². The molecule has 0 aromatic heterocycles. The summed E-state index contributed by atoms with van der Waals surface area (Å²) in [5.41, 5.74) is 0. The number of rotatable bonds is 5. The van der Waals surface area contributed by atoms with Crippen LogP contribution in [0.1, 0.15) is 26.7 Å². The van der Waals surface area contributed by atoms with Gasteiger partial charge in [0.15, 0.2) is 0 Å². The fraction of sp³-hybridized carbons (Fsp3) is 1.00. The topological polar surface area (TPSA) is 24.5 Å². The summed E-state index contributed by atoms with van der Waals surface area (Å²) in [5, 5.41) is 3.55. The lowest BCUT2D eigenvalue weighted by Crippen LogP contribution is -2.54. The van der Waals surface area contributed by atoms with Crippen LogP contribution in [0.3, 0.4) is 0 Å². The highest BCUT2D eigenvalue weighted by Gasteiger charge is 2.22. The summed E-state index contributed by atoms with van der Waals surface area (Å²) in [4.78, 5) is 2.51.